The smallest absolute Gasteiger partial charge is 0.310 e. The Morgan fingerprint density at radius 1 is 1.25 bits per heavy atom. The van der Waals surface area contributed by atoms with Gasteiger partial charge in [0.1, 0.15) is 0 Å². The fourth-order valence-electron chi connectivity index (χ4n) is 3.49. The first kappa shape index (κ1) is 11.9. The molecule has 2 fully saturated rings. The third kappa shape index (κ3) is 1.97. The number of nitrogens with zero attached hydrogens (tertiary/aromatic N) is 1. The number of carbonyl (C=O) groups excluding carboxylic acids is 1. The first-order valence-corrected chi connectivity index (χ1v) is 6.38. The molecule has 1 heterocycles. The highest BCUT2D eigenvalue weighted by Gasteiger charge is 2.53. The zero-order valence-corrected chi connectivity index (χ0v) is 10.7. The van der Waals surface area contributed by atoms with Crippen molar-refractivity contribution >= 4 is 5.97 Å². The van der Waals surface area contributed by atoms with Gasteiger partial charge in [-0.15, -0.1) is 0 Å². The summed E-state index contributed by atoms with van der Waals surface area (Å²) in [6.07, 6.45) is 4.87. The van der Waals surface area contributed by atoms with Gasteiger partial charge in [0.05, 0.1) is 13.0 Å². The second-order valence-electron chi connectivity index (χ2n) is 5.86. The van der Waals surface area contributed by atoms with Gasteiger partial charge in [0.2, 0.25) is 0 Å². The molecule has 3 heteroatoms. The summed E-state index contributed by atoms with van der Waals surface area (Å²) in [6.45, 7) is 6.85. The minimum Gasteiger partial charge on any atom is -0.469 e. The molecule has 1 saturated carbocycles. The Kier molecular flexibility index (Phi) is 3.24. The van der Waals surface area contributed by atoms with Crippen molar-refractivity contribution in [1.29, 1.82) is 0 Å². The summed E-state index contributed by atoms with van der Waals surface area (Å²) in [5.41, 5.74) is 0.274. The van der Waals surface area contributed by atoms with Gasteiger partial charge in [-0.05, 0) is 37.8 Å². The van der Waals surface area contributed by atoms with E-state index >= 15 is 0 Å². The molecule has 0 spiro atoms. The third-order valence-electron chi connectivity index (χ3n) is 4.22. The van der Waals surface area contributed by atoms with Gasteiger partial charge in [-0.1, -0.05) is 20.3 Å². The Morgan fingerprint density at radius 2 is 1.88 bits per heavy atom. The van der Waals surface area contributed by atoms with Crippen molar-refractivity contribution in [2.45, 2.75) is 45.6 Å². The third-order valence-corrected chi connectivity index (χ3v) is 4.22. The van der Waals surface area contributed by atoms with E-state index < -0.39 is 0 Å². The van der Waals surface area contributed by atoms with Gasteiger partial charge in [0.15, 0.2) is 0 Å². The minimum atomic E-state index is -0.0186. The highest BCUT2D eigenvalue weighted by molar-refractivity contribution is 5.74. The Hall–Kier alpha value is -0.570. The van der Waals surface area contributed by atoms with Crippen molar-refractivity contribution in [1.82, 2.24) is 4.90 Å². The van der Waals surface area contributed by atoms with Gasteiger partial charge in [-0.25, -0.2) is 0 Å². The summed E-state index contributed by atoms with van der Waals surface area (Å²) >= 11 is 0. The van der Waals surface area contributed by atoms with Crippen LogP contribution in [-0.2, 0) is 9.53 Å². The molecule has 0 radical (unpaired) electrons. The number of hydrogen-bond donors (Lipinski definition) is 0. The van der Waals surface area contributed by atoms with Crippen LogP contribution < -0.4 is 0 Å². The van der Waals surface area contributed by atoms with Gasteiger partial charge >= 0.3 is 5.97 Å². The van der Waals surface area contributed by atoms with Crippen LogP contribution in [0.1, 0.15) is 39.5 Å². The quantitative estimate of drug-likeness (QED) is 0.674. The molecule has 1 aliphatic heterocycles. The Balaban J connectivity index is 2.05. The van der Waals surface area contributed by atoms with Crippen LogP contribution in [0.4, 0.5) is 0 Å². The molecule has 2 rings (SSSR count). The van der Waals surface area contributed by atoms with E-state index in [2.05, 4.69) is 18.7 Å². The first-order chi connectivity index (χ1) is 7.56. The maximum atomic E-state index is 11.7. The van der Waals surface area contributed by atoms with E-state index in [0.29, 0.717) is 6.04 Å². The molecule has 1 saturated heterocycles. The number of ether oxygens (including phenoxy) is 1. The number of piperidine rings is 1. The SMILES string of the molecule is COC(=O)[C@@H]1CC(C)(C)[C@H]1N1CCCCC1. The fourth-order valence-corrected chi connectivity index (χ4v) is 3.49. The summed E-state index contributed by atoms with van der Waals surface area (Å²) in [4.78, 5) is 14.2. The second kappa shape index (κ2) is 4.36. The summed E-state index contributed by atoms with van der Waals surface area (Å²) < 4.78 is 4.90. The van der Waals surface area contributed by atoms with Gasteiger partial charge in [0, 0.05) is 6.04 Å². The minimum absolute atomic E-state index is 0.0186. The van der Waals surface area contributed by atoms with Gasteiger partial charge in [-0.2, -0.15) is 0 Å². The maximum absolute atomic E-state index is 11.7. The van der Waals surface area contributed by atoms with E-state index in [-0.39, 0.29) is 17.3 Å². The normalized spacial score (nSPS) is 34.2. The molecule has 2 aliphatic rings. The zero-order valence-electron chi connectivity index (χ0n) is 10.7. The topological polar surface area (TPSA) is 29.5 Å². The van der Waals surface area contributed by atoms with Crippen molar-refractivity contribution in [3.8, 4) is 0 Å². The van der Waals surface area contributed by atoms with E-state index in [1.165, 1.54) is 26.4 Å². The first-order valence-electron chi connectivity index (χ1n) is 6.38. The number of esters is 1. The highest BCUT2D eigenvalue weighted by atomic mass is 16.5. The molecule has 0 N–H and O–H groups in total. The molecule has 0 aromatic rings. The molecule has 16 heavy (non-hydrogen) atoms. The highest BCUT2D eigenvalue weighted by Crippen LogP contribution is 2.49. The Morgan fingerprint density at radius 3 is 2.38 bits per heavy atom. The predicted molar refractivity (Wildman–Crippen MR) is 63.1 cm³/mol. The van der Waals surface area contributed by atoms with Crippen molar-refractivity contribution in [2.24, 2.45) is 11.3 Å². The molecule has 92 valence electrons. The maximum Gasteiger partial charge on any atom is 0.310 e. The van der Waals surface area contributed by atoms with Crippen molar-refractivity contribution in [3.05, 3.63) is 0 Å². The molecule has 0 aromatic carbocycles. The molecule has 0 amide bonds. The van der Waals surface area contributed by atoms with Gasteiger partial charge < -0.3 is 4.74 Å². The van der Waals surface area contributed by atoms with E-state index in [4.69, 9.17) is 4.74 Å². The molecule has 0 bridgehead atoms. The van der Waals surface area contributed by atoms with Crippen LogP contribution >= 0.6 is 0 Å². The van der Waals surface area contributed by atoms with Crippen LogP contribution in [0.2, 0.25) is 0 Å². The van der Waals surface area contributed by atoms with Crippen LogP contribution in [0, 0.1) is 11.3 Å². The summed E-state index contributed by atoms with van der Waals surface area (Å²) in [7, 11) is 1.50. The monoisotopic (exact) mass is 225 g/mol. The molecular weight excluding hydrogens is 202 g/mol. The van der Waals surface area contributed by atoms with Crippen molar-refractivity contribution in [3.63, 3.8) is 0 Å². The summed E-state index contributed by atoms with van der Waals surface area (Å²) in [5, 5.41) is 0. The molecule has 2 atom stereocenters. The Bertz CT molecular complexity index is 269. The lowest BCUT2D eigenvalue weighted by Gasteiger charge is -2.55. The molecule has 1 aliphatic carbocycles. The van der Waals surface area contributed by atoms with Crippen LogP contribution in [0.15, 0.2) is 0 Å². The van der Waals surface area contributed by atoms with Crippen molar-refractivity contribution in [2.75, 3.05) is 20.2 Å². The van der Waals surface area contributed by atoms with E-state index in [9.17, 15) is 4.79 Å². The number of methoxy groups -OCH3 is 1. The number of hydrogen-bond acceptors (Lipinski definition) is 3. The van der Waals surface area contributed by atoms with Crippen LogP contribution in [-0.4, -0.2) is 37.1 Å². The van der Waals surface area contributed by atoms with E-state index in [1.54, 1.807) is 0 Å². The largest absolute Gasteiger partial charge is 0.469 e. The van der Waals surface area contributed by atoms with Crippen LogP contribution in [0.25, 0.3) is 0 Å². The van der Waals surface area contributed by atoms with Gasteiger partial charge in [0.25, 0.3) is 0 Å². The number of likely N-dealkylation sites (tertiary alicyclic amines) is 1. The van der Waals surface area contributed by atoms with Crippen LogP contribution in [0.5, 0.6) is 0 Å². The lowest BCUT2D eigenvalue weighted by atomic mass is 9.59. The predicted octanol–water partition coefficient (Wildman–Crippen LogP) is 2.06. The van der Waals surface area contributed by atoms with Crippen LogP contribution in [0.3, 0.4) is 0 Å². The molecule has 3 nitrogen and oxygen atoms in total. The number of rotatable bonds is 2. The molecule has 0 aromatic heterocycles. The average Bonchev–Trinajstić information content (AvgIpc) is 2.26. The lowest BCUT2D eigenvalue weighted by Crippen LogP contribution is -2.62. The average molecular weight is 225 g/mol. The number of carbonyl (C=O) groups is 1. The second-order valence-corrected chi connectivity index (χ2v) is 5.86. The lowest BCUT2D eigenvalue weighted by molar-refractivity contribution is -0.164. The molecular formula is C13H23NO2. The Labute approximate surface area is 98.1 Å². The summed E-state index contributed by atoms with van der Waals surface area (Å²) in [5.74, 6) is 0.0907. The fraction of sp³-hybridized carbons (Fsp3) is 0.923. The zero-order chi connectivity index (χ0) is 11.8. The standard InChI is InChI=1S/C13H23NO2/c1-13(2)9-10(12(15)16-3)11(13)14-7-5-4-6-8-14/h10-11H,4-9H2,1-3H3/t10-,11+/m1/s1. The van der Waals surface area contributed by atoms with Gasteiger partial charge in [-0.3, -0.25) is 9.69 Å². The molecule has 0 unspecified atom stereocenters. The van der Waals surface area contributed by atoms with E-state index in [1.807, 2.05) is 0 Å². The van der Waals surface area contributed by atoms with E-state index in [0.717, 1.165) is 19.5 Å². The summed E-state index contributed by atoms with van der Waals surface area (Å²) in [6, 6.07) is 0.403. The van der Waals surface area contributed by atoms with Crippen molar-refractivity contribution < 1.29 is 9.53 Å².